The predicted molar refractivity (Wildman–Crippen MR) is 138 cm³/mol. The first-order valence-corrected chi connectivity index (χ1v) is 13.3. The zero-order valence-corrected chi connectivity index (χ0v) is 23.0. The minimum Gasteiger partial charge on any atom is -0.496 e. The normalized spacial score (nSPS) is 27.2. The Morgan fingerprint density at radius 3 is 2.61 bits per heavy atom. The third kappa shape index (κ3) is 5.36. The second-order valence-electron chi connectivity index (χ2n) is 11.5. The lowest BCUT2D eigenvalue weighted by Gasteiger charge is -2.40. The summed E-state index contributed by atoms with van der Waals surface area (Å²) in [6.45, 7) is 9.61. The van der Waals surface area contributed by atoms with Gasteiger partial charge in [-0.15, -0.1) is 0 Å². The molecule has 3 fully saturated rings. The van der Waals surface area contributed by atoms with Crippen LogP contribution in [0.4, 0.5) is 0 Å². The number of hydrogen-bond donors (Lipinski definition) is 2. The molecule has 6 atom stereocenters. The molecule has 1 aromatic rings. The first kappa shape index (κ1) is 27.9. The van der Waals surface area contributed by atoms with Crippen molar-refractivity contribution < 1.29 is 33.4 Å². The number of carbonyl (C=O) groups excluding carboxylic acids is 4. The largest absolute Gasteiger partial charge is 0.496 e. The summed E-state index contributed by atoms with van der Waals surface area (Å²) in [6, 6.07) is 2.99. The SMILES string of the molecule is CCO[C@@H]1OC(=O)C[C@@H]1NC(=O)[C@@H]1[C@H]2CCC(C2)N1C(=O)[C@@H](NC(=O)c1cccc(OC)c1C)C(C)(C)C. The molecule has 3 aliphatic rings. The molecule has 2 heterocycles. The highest BCUT2D eigenvalue weighted by Crippen LogP contribution is 2.44. The van der Waals surface area contributed by atoms with Crippen LogP contribution in [-0.4, -0.2) is 72.8 Å². The first-order valence-electron chi connectivity index (χ1n) is 13.3. The smallest absolute Gasteiger partial charge is 0.310 e. The van der Waals surface area contributed by atoms with Gasteiger partial charge >= 0.3 is 5.97 Å². The molecule has 10 nitrogen and oxygen atoms in total. The molecule has 2 N–H and O–H groups in total. The summed E-state index contributed by atoms with van der Waals surface area (Å²) in [4.78, 5) is 54.6. The highest BCUT2D eigenvalue weighted by Gasteiger charge is 2.54. The molecule has 0 radical (unpaired) electrons. The molecular weight excluding hydrogens is 490 g/mol. The van der Waals surface area contributed by atoms with Gasteiger partial charge in [0.05, 0.1) is 13.5 Å². The van der Waals surface area contributed by atoms with E-state index in [9.17, 15) is 19.2 Å². The van der Waals surface area contributed by atoms with E-state index in [0.717, 1.165) is 19.3 Å². The number of amides is 3. The van der Waals surface area contributed by atoms with Crippen LogP contribution < -0.4 is 15.4 Å². The molecule has 208 valence electrons. The van der Waals surface area contributed by atoms with E-state index in [1.165, 1.54) is 0 Å². The molecule has 38 heavy (non-hydrogen) atoms. The monoisotopic (exact) mass is 529 g/mol. The van der Waals surface area contributed by atoms with E-state index in [1.807, 2.05) is 20.8 Å². The lowest BCUT2D eigenvalue weighted by Crippen LogP contribution is -2.62. The van der Waals surface area contributed by atoms with Crippen LogP contribution in [0, 0.1) is 18.3 Å². The highest BCUT2D eigenvalue weighted by atomic mass is 16.7. The Morgan fingerprint density at radius 1 is 1.21 bits per heavy atom. The van der Waals surface area contributed by atoms with Gasteiger partial charge in [0.25, 0.3) is 5.91 Å². The van der Waals surface area contributed by atoms with Crippen molar-refractivity contribution in [3.63, 3.8) is 0 Å². The maximum absolute atomic E-state index is 14.1. The van der Waals surface area contributed by atoms with Crippen LogP contribution in [0.3, 0.4) is 0 Å². The van der Waals surface area contributed by atoms with Gasteiger partial charge in [-0.25, -0.2) is 0 Å². The van der Waals surface area contributed by atoms with E-state index >= 15 is 0 Å². The van der Waals surface area contributed by atoms with Crippen LogP contribution in [0.1, 0.15) is 69.3 Å². The number of cyclic esters (lactones) is 1. The molecule has 2 bridgehead atoms. The van der Waals surface area contributed by atoms with Gasteiger partial charge in [0, 0.05) is 23.8 Å². The molecule has 3 amide bonds. The summed E-state index contributed by atoms with van der Waals surface area (Å²) >= 11 is 0. The Hall–Kier alpha value is -3.14. The maximum Gasteiger partial charge on any atom is 0.310 e. The zero-order valence-electron chi connectivity index (χ0n) is 23.0. The highest BCUT2D eigenvalue weighted by molar-refractivity contribution is 6.00. The fraction of sp³-hybridized carbons (Fsp3) is 0.643. The number of hydrogen-bond acceptors (Lipinski definition) is 7. The van der Waals surface area contributed by atoms with Crippen molar-refractivity contribution in [3.8, 4) is 5.75 Å². The quantitative estimate of drug-likeness (QED) is 0.496. The van der Waals surface area contributed by atoms with E-state index in [0.29, 0.717) is 23.5 Å². The number of methoxy groups -OCH3 is 1. The third-order valence-electron chi connectivity index (χ3n) is 7.87. The van der Waals surface area contributed by atoms with E-state index < -0.39 is 35.8 Å². The van der Waals surface area contributed by atoms with Crippen molar-refractivity contribution in [2.45, 2.75) is 90.8 Å². The molecule has 0 spiro atoms. The Balaban J connectivity index is 1.56. The van der Waals surface area contributed by atoms with Gasteiger partial charge in [-0.2, -0.15) is 0 Å². The predicted octanol–water partition coefficient (Wildman–Crippen LogP) is 2.32. The van der Waals surface area contributed by atoms with Gasteiger partial charge in [0.1, 0.15) is 23.9 Å². The number of benzene rings is 1. The zero-order chi connectivity index (χ0) is 27.8. The summed E-state index contributed by atoms with van der Waals surface area (Å²) in [5.74, 6) is -0.798. The van der Waals surface area contributed by atoms with Crippen molar-refractivity contribution in [1.82, 2.24) is 15.5 Å². The Morgan fingerprint density at radius 2 is 1.95 bits per heavy atom. The molecular formula is C28H39N3O7. The topological polar surface area (TPSA) is 123 Å². The second-order valence-corrected chi connectivity index (χ2v) is 11.5. The van der Waals surface area contributed by atoms with Crippen molar-refractivity contribution in [2.24, 2.45) is 11.3 Å². The average molecular weight is 530 g/mol. The Labute approximate surface area is 223 Å². The van der Waals surface area contributed by atoms with Crippen molar-refractivity contribution >= 4 is 23.7 Å². The number of likely N-dealkylation sites (tertiary alicyclic amines) is 1. The first-order chi connectivity index (χ1) is 18.0. The maximum atomic E-state index is 14.1. The fourth-order valence-electron chi connectivity index (χ4n) is 5.97. The summed E-state index contributed by atoms with van der Waals surface area (Å²) in [7, 11) is 1.54. The minimum absolute atomic E-state index is 0.0180. The van der Waals surface area contributed by atoms with E-state index in [4.69, 9.17) is 14.2 Å². The molecule has 0 aromatic heterocycles. The number of nitrogens with zero attached hydrogens (tertiary/aromatic N) is 1. The van der Waals surface area contributed by atoms with Crippen LogP contribution in [-0.2, 0) is 23.9 Å². The number of nitrogens with one attached hydrogen (secondary N) is 2. The molecule has 4 rings (SSSR count). The van der Waals surface area contributed by atoms with Gasteiger partial charge in [0.15, 0.2) is 0 Å². The van der Waals surface area contributed by atoms with Crippen LogP contribution in [0.25, 0.3) is 0 Å². The van der Waals surface area contributed by atoms with Crippen molar-refractivity contribution in [3.05, 3.63) is 29.3 Å². The van der Waals surface area contributed by atoms with Crippen molar-refractivity contribution in [2.75, 3.05) is 13.7 Å². The number of fused-ring (bicyclic) bond motifs is 2. The molecule has 1 aromatic carbocycles. The van der Waals surface area contributed by atoms with E-state index in [-0.39, 0.29) is 36.1 Å². The van der Waals surface area contributed by atoms with Gasteiger partial charge in [-0.3, -0.25) is 19.2 Å². The standard InChI is InChI=1S/C28H39N3O7/c1-7-37-27-19(14-21(32)38-27)29-25(34)22-16-11-12-17(13-16)31(22)26(35)23(28(3,4)5)30-24(33)18-9-8-10-20(36-6)15(18)2/h8-10,16-17,19,22-23,27H,7,11-14H2,1-6H3,(H,29,34)(H,30,33)/t16-,17?,19-,22-,23+,27+/m0/s1. The number of esters is 1. The average Bonchev–Trinajstić information content (AvgIpc) is 3.56. The van der Waals surface area contributed by atoms with E-state index in [2.05, 4.69) is 10.6 Å². The summed E-state index contributed by atoms with van der Waals surface area (Å²) < 4.78 is 16.0. The third-order valence-corrected chi connectivity index (χ3v) is 7.87. The fourth-order valence-corrected chi connectivity index (χ4v) is 5.97. The molecule has 1 aliphatic carbocycles. The van der Waals surface area contributed by atoms with Crippen LogP contribution in [0.15, 0.2) is 18.2 Å². The number of ether oxygens (including phenoxy) is 3. The Bertz CT molecular complexity index is 1100. The molecule has 2 aliphatic heterocycles. The molecule has 1 saturated carbocycles. The molecule has 2 saturated heterocycles. The van der Waals surface area contributed by atoms with Gasteiger partial charge < -0.3 is 29.7 Å². The summed E-state index contributed by atoms with van der Waals surface area (Å²) in [5.41, 5.74) is 0.493. The van der Waals surface area contributed by atoms with Crippen LogP contribution in [0.2, 0.25) is 0 Å². The van der Waals surface area contributed by atoms with E-state index in [1.54, 1.807) is 44.1 Å². The van der Waals surface area contributed by atoms with Crippen molar-refractivity contribution in [1.29, 1.82) is 0 Å². The lowest BCUT2D eigenvalue weighted by molar-refractivity contribution is -0.165. The summed E-state index contributed by atoms with van der Waals surface area (Å²) in [6.07, 6.45) is 1.57. The van der Waals surface area contributed by atoms with Gasteiger partial charge in [-0.05, 0) is 56.6 Å². The van der Waals surface area contributed by atoms with Gasteiger partial charge in [0.2, 0.25) is 18.1 Å². The molecule has 1 unspecified atom stereocenters. The number of rotatable bonds is 8. The lowest BCUT2D eigenvalue weighted by atomic mass is 9.84. The number of carbonyl (C=O) groups is 4. The van der Waals surface area contributed by atoms with Crippen LogP contribution in [0.5, 0.6) is 5.75 Å². The minimum atomic E-state index is -0.859. The summed E-state index contributed by atoms with van der Waals surface area (Å²) in [5, 5.41) is 5.88. The number of piperidine rings is 1. The van der Waals surface area contributed by atoms with Crippen LogP contribution >= 0.6 is 0 Å². The second kappa shape index (κ2) is 10.9. The van der Waals surface area contributed by atoms with Gasteiger partial charge in [-0.1, -0.05) is 26.8 Å². The molecule has 10 heteroatoms. The Kier molecular flexibility index (Phi) is 8.01.